The molecule has 1 heterocycles. The molecule has 140 valence electrons. The molecule has 4 nitrogen and oxygen atoms in total. The number of rotatable bonds is 4. The van der Waals surface area contributed by atoms with Gasteiger partial charge in [0.15, 0.2) is 5.96 Å². The summed E-state index contributed by atoms with van der Waals surface area (Å²) < 4.78 is 5.73. The Morgan fingerprint density at radius 2 is 1.88 bits per heavy atom. The molecule has 0 amide bonds. The summed E-state index contributed by atoms with van der Waals surface area (Å²) in [5.41, 5.74) is 5.19. The third-order valence-electron chi connectivity index (χ3n) is 4.48. The van der Waals surface area contributed by atoms with E-state index in [-0.39, 0.29) is 30.0 Å². The highest BCUT2D eigenvalue weighted by molar-refractivity contribution is 14.0. The van der Waals surface area contributed by atoms with Crippen molar-refractivity contribution in [1.82, 2.24) is 10.6 Å². The molecule has 0 aromatic heterocycles. The van der Waals surface area contributed by atoms with E-state index in [1.165, 1.54) is 22.3 Å². The minimum Gasteiger partial charge on any atom is -0.493 e. The number of para-hydroxylation sites is 1. The molecular formula is C21H28IN3O. The van der Waals surface area contributed by atoms with Gasteiger partial charge in [-0.2, -0.15) is 0 Å². The Kier molecular flexibility index (Phi) is 7.75. The molecule has 1 aliphatic heterocycles. The van der Waals surface area contributed by atoms with Gasteiger partial charge in [-0.05, 0) is 31.9 Å². The van der Waals surface area contributed by atoms with Crippen molar-refractivity contribution in [3.8, 4) is 5.75 Å². The van der Waals surface area contributed by atoms with Crippen LogP contribution >= 0.6 is 24.0 Å². The van der Waals surface area contributed by atoms with Crippen LogP contribution in [0.5, 0.6) is 5.75 Å². The first-order valence-electron chi connectivity index (χ1n) is 8.92. The second kappa shape index (κ2) is 9.80. The maximum atomic E-state index is 5.73. The third kappa shape index (κ3) is 5.37. The Morgan fingerprint density at radius 1 is 1.15 bits per heavy atom. The van der Waals surface area contributed by atoms with Gasteiger partial charge >= 0.3 is 0 Å². The number of fused-ring (bicyclic) bond motifs is 1. The molecule has 1 atom stereocenters. The minimum atomic E-state index is 0. The second-order valence-corrected chi connectivity index (χ2v) is 6.62. The van der Waals surface area contributed by atoms with Crippen LogP contribution in [0.3, 0.4) is 0 Å². The van der Waals surface area contributed by atoms with Crippen molar-refractivity contribution < 1.29 is 4.74 Å². The number of guanidine groups is 1. The van der Waals surface area contributed by atoms with Gasteiger partial charge in [-0.25, -0.2) is 0 Å². The van der Waals surface area contributed by atoms with Gasteiger partial charge in [0.2, 0.25) is 0 Å². The maximum absolute atomic E-state index is 5.73. The van der Waals surface area contributed by atoms with Crippen LogP contribution in [0.1, 0.15) is 34.7 Å². The summed E-state index contributed by atoms with van der Waals surface area (Å²) in [6.07, 6.45) is 1.92. The van der Waals surface area contributed by atoms with Crippen LogP contribution < -0.4 is 15.4 Å². The molecule has 0 radical (unpaired) electrons. The summed E-state index contributed by atoms with van der Waals surface area (Å²) in [5.74, 6) is 1.81. The van der Waals surface area contributed by atoms with Crippen LogP contribution in [-0.2, 0) is 6.42 Å². The van der Waals surface area contributed by atoms with E-state index in [4.69, 9.17) is 4.74 Å². The molecule has 1 unspecified atom stereocenters. The summed E-state index contributed by atoms with van der Waals surface area (Å²) in [4.78, 5) is 4.37. The fourth-order valence-electron chi connectivity index (χ4n) is 3.39. The van der Waals surface area contributed by atoms with Crippen molar-refractivity contribution >= 4 is 29.9 Å². The number of nitrogens with one attached hydrogen (secondary N) is 2. The zero-order valence-electron chi connectivity index (χ0n) is 15.7. The third-order valence-corrected chi connectivity index (χ3v) is 4.48. The summed E-state index contributed by atoms with van der Waals surface area (Å²) >= 11 is 0. The summed E-state index contributed by atoms with van der Waals surface area (Å²) in [6, 6.07) is 15.2. The zero-order valence-corrected chi connectivity index (χ0v) is 18.0. The van der Waals surface area contributed by atoms with Crippen LogP contribution in [0, 0.1) is 13.8 Å². The molecular weight excluding hydrogens is 437 g/mol. The average molecular weight is 465 g/mol. The topological polar surface area (TPSA) is 45.7 Å². The molecule has 2 aromatic carbocycles. The molecule has 3 rings (SSSR count). The van der Waals surface area contributed by atoms with E-state index in [0.717, 1.165) is 37.7 Å². The fourth-order valence-corrected chi connectivity index (χ4v) is 3.39. The standard InChI is InChI=1S/C21H27N3O.HI/c1-15-12-16(2)14-17(13-15)8-10-23-21(22-3)24-19-9-11-25-20-7-5-4-6-18(19)20;/h4-7,12-14,19H,8-11H2,1-3H3,(H2,22,23,24);1H. The highest BCUT2D eigenvalue weighted by atomic mass is 127. The van der Waals surface area contributed by atoms with E-state index in [2.05, 4.69) is 59.8 Å². The molecule has 2 aromatic rings. The van der Waals surface area contributed by atoms with E-state index >= 15 is 0 Å². The summed E-state index contributed by atoms with van der Waals surface area (Å²) in [6.45, 7) is 5.88. The molecule has 0 aliphatic carbocycles. The number of benzene rings is 2. The van der Waals surface area contributed by atoms with Gasteiger partial charge in [-0.15, -0.1) is 24.0 Å². The van der Waals surface area contributed by atoms with Crippen molar-refractivity contribution in [1.29, 1.82) is 0 Å². The largest absolute Gasteiger partial charge is 0.493 e. The molecule has 5 heteroatoms. The summed E-state index contributed by atoms with van der Waals surface area (Å²) in [7, 11) is 1.82. The predicted octanol–water partition coefficient (Wildman–Crippen LogP) is 4.15. The number of hydrogen-bond donors (Lipinski definition) is 2. The van der Waals surface area contributed by atoms with Crippen molar-refractivity contribution in [2.24, 2.45) is 4.99 Å². The van der Waals surface area contributed by atoms with Gasteiger partial charge in [-0.1, -0.05) is 47.5 Å². The number of aliphatic imine (C=N–C) groups is 1. The molecule has 0 saturated carbocycles. The van der Waals surface area contributed by atoms with Gasteiger partial charge in [0.1, 0.15) is 5.75 Å². The molecule has 0 saturated heterocycles. The molecule has 26 heavy (non-hydrogen) atoms. The molecule has 1 aliphatic rings. The molecule has 0 bridgehead atoms. The second-order valence-electron chi connectivity index (χ2n) is 6.62. The Hall–Kier alpha value is -1.76. The zero-order chi connectivity index (χ0) is 17.6. The average Bonchev–Trinajstić information content (AvgIpc) is 2.60. The van der Waals surface area contributed by atoms with Crippen LogP contribution in [0.25, 0.3) is 0 Å². The Bertz CT molecular complexity index is 740. The molecule has 0 spiro atoms. The highest BCUT2D eigenvalue weighted by Crippen LogP contribution is 2.31. The number of hydrogen-bond acceptors (Lipinski definition) is 2. The Balaban J connectivity index is 0.00000243. The lowest BCUT2D eigenvalue weighted by Gasteiger charge is -2.28. The van der Waals surface area contributed by atoms with Gasteiger partial charge in [-0.3, -0.25) is 4.99 Å². The van der Waals surface area contributed by atoms with Crippen molar-refractivity contribution in [2.75, 3.05) is 20.2 Å². The highest BCUT2D eigenvalue weighted by Gasteiger charge is 2.21. The van der Waals surface area contributed by atoms with Crippen molar-refractivity contribution in [3.63, 3.8) is 0 Å². The van der Waals surface area contributed by atoms with E-state index in [9.17, 15) is 0 Å². The maximum Gasteiger partial charge on any atom is 0.191 e. The van der Waals surface area contributed by atoms with Gasteiger partial charge in [0.05, 0.1) is 12.6 Å². The number of halogens is 1. The van der Waals surface area contributed by atoms with E-state index in [0.29, 0.717) is 0 Å². The molecule has 2 N–H and O–H groups in total. The first-order valence-corrected chi connectivity index (χ1v) is 8.92. The van der Waals surface area contributed by atoms with Crippen molar-refractivity contribution in [3.05, 3.63) is 64.7 Å². The van der Waals surface area contributed by atoms with Gasteiger partial charge < -0.3 is 15.4 Å². The van der Waals surface area contributed by atoms with Gasteiger partial charge in [0, 0.05) is 25.6 Å². The lowest BCUT2D eigenvalue weighted by atomic mass is 10.0. The lowest BCUT2D eigenvalue weighted by molar-refractivity contribution is 0.261. The lowest BCUT2D eigenvalue weighted by Crippen LogP contribution is -2.41. The molecule has 0 fully saturated rings. The Labute approximate surface area is 173 Å². The Morgan fingerprint density at radius 3 is 2.62 bits per heavy atom. The quantitative estimate of drug-likeness (QED) is 0.405. The monoisotopic (exact) mass is 465 g/mol. The summed E-state index contributed by atoms with van der Waals surface area (Å²) in [5, 5.41) is 6.96. The number of aryl methyl sites for hydroxylation is 2. The SMILES string of the molecule is CN=C(NCCc1cc(C)cc(C)c1)NC1CCOc2ccccc21.I. The van der Waals surface area contributed by atoms with Crippen LogP contribution in [0.15, 0.2) is 47.5 Å². The first kappa shape index (κ1) is 20.6. The number of nitrogens with zero attached hydrogens (tertiary/aromatic N) is 1. The van der Waals surface area contributed by atoms with Crippen LogP contribution in [0.4, 0.5) is 0 Å². The fraction of sp³-hybridized carbons (Fsp3) is 0.381. The van der Waals surface area contributed by atoms with E-state index in [1.807, 2.05) is 19.2 Å². The normalized spacial score (nSPS) is 16.1. The number of ether oxygens (including phenoxy) is 1. The van der Waals surface area contributed by atoms with Crippen LogP contribution in [0.2, 0.25) is 0 Å². The van der Waals surface area contributed by atoms with Gasteiger partial charge in [0.25, 0.3) is 0 Å². The predicted molar refractivity (Wildman–Crippen MR) is 119 cm³/mol. The van der Waals surface area contributed by atoms with E-state index < -0.39 is 0 Å². The smallest absolute Gasteiger partial charge is 0.191 e. The first-order chi connectivity index (χ1) is 12.2. The minimum absolute atomic E-state index is 0. The van der Waals surface area contributed by atoms with Crippen LogP contribution in [-0.4, -0.2) is 26.2 Å². The van der Waals surface area contributed by atoms with E-state index in [1.54, 1.807) is 0 Å². The van der Waals surface area contributed by atoms with Crippen molar-refractivity contribution in [2.45, 2.75) is 32.7 Å².